The number of nitrogens with one attached hydrogen (secondary N) is 2. The Balaban J connectivity index is 2.66. The van der Waals surface area contributed by atoms with Gasteiger partial charge in [0.1, 0.15) is 4.21 Å². The second-order valence-electron chi connectivity index (χ2n) is 3.50. The number of hydrogen-bond donors (Lipinski definition) is 2. The van der Waals surface area contributed by atoms with Gasteiger partial charge in [0.2, 0.25) is 10.0 Å². The molecule has 4 nitrogen and oxygen atoms in total. The predicted molar refractivity (Wildman–Crippen MR) is 67.2 cm³/mol. The lowest BCUT2D eigenvalue weighted by atomic mass is 10.3. The Morgan fingerprint density at radius 3 is 2.75 bits per heavy atom. The summed E-state index contributed by atoms with van der Waals surface area (Å²) in [5.74, 6) is 0. The Morgan fingerprint density at radius 1 is 1.38 bits per heavy atom. The van der Waals surface area contributed by atoms with Gasteiger partial charge in [0.05, 0.1) is 0 Å². The number of thiophene rings is 1. The topological polar surface area (TPSA) is 58.2 Å². The van der Waals surface area contributed by atoms with Crippen LogP contribution in [0.1, 0.15) is 24.6 Å². The molecule has 1 aromatic heterocycles. The van der Waals surface area contributed by atoms with Crippen LogP contribution in [0.4, 0.5) is 0 Å². The van der Waals surface area contributed by atoms with Crippen LogP contribution in [-0.2, 0) is 16.6 Å². The average Bonchev–Trinajstić information content (AvgIpc) is 2.68. The van der Waals surface area contributed by atoms with Crippen molar-refractivity contribution >= 4 is 21.4 Å². The first kappa shape index (κ1) is 13.6. The van der Waals surface area contributed by atoms with Crippen LogP contribution in [0.15, 0.2) is 16.3 Å². The number of unbranched alkanes of at least 4 members (excludes halogenated alkanes) is 1. The van der Waals surface area contributed by atoms with Crippen LogP contribution in [-0.4, -0.2) is 22.0 Å². The molecule has 0 aromatic carbocycles. The van der Waals surface area contributed by atoms with E-state index in [1.165, 1.54) is 11.3 Å². The molecule has 0 fully saturated rings. The molecule has 1 aromatic rings. The maximum atomic E-state index is 11.8. The molecule has 92 valence electrons. The Bertz CT molecular complexity index is 412. The SMILES string of the molecule is CCCCNS(=O)(=O)c1ccc(CNC)s1. The normalized spacial score (nSPS) is 11.9. The fourth-order valence-corrected chi connectivity index (χ4v) is 3.71. The van der Waals surface area contributed by atoms with Crippen molar-refractivity contribution in [1.82, 2.24) is 10.0 Å². The Kier molecular flexibility index (Phi) is 5.40. The summed E-state index contributed by atoms with van der Waals surface area (Å²) >= 11 is 1.31. The molecule has 0 atom stereocenters. The van der Waals surface area contributed by atoms with Gasteiger partial charge in [-0.15, -0.1) is 11.3 Å². The zero-order valence-electron chi connectivity index (χ0n) is 9.62. The maximum absolute atomic E-state index is 11.8. The van der Waals surface area contributed by atoms with Gasteiger partial charge in [-0.25, -0.2) is 13.1 Å². The third-order valence-electron chi connectivity index (χ3n) is 2.08. The molecular formula is C10H18N2O2S2. The summed E-state index contributed by atoms with van der Waals surface area (Å²) in [5, 5.41) is 3.00. The molecule has 0 spiro atoms. The van der Waals surface area contributed by atoms with E-state index in [0.29, 0.717) is 17.3 Å². The fourth-order valence-electron chi connectivity index (χ4n) is 1.23. The van der Waals surface area contributed by atoms with Crippen LogP contribution in [0, 0.1) is 0 Å². The highest BCUT2D eigenvalue weighted by Crippen LogP contribution is 2.21. The zero-order chi connectivity index (χ0) is 12.0. The van der Waals surface area contributed by atoms with E-state index in [9.17, 15) is 8.42 Å². The van der Waals surface area contributed by atoms with Gasteiger partial charge < -0.3 is 5.32 Å². The van der Waals surface area contributed by atoms with E-state index in [1.54, 1.807) is 6.07 Å². The Morgan fingerprint density at radius 2 is 2.12 bits per heavy atom. The Hall–Kier alpha value is -0.430. The summed E-state index contributed by atoms with van der Waals surface area (Å²) < 4.78 is 26.6. The summed E-state index contributed by atoms with van der Waals surface area (Å²) in [6.07, 6.45) is 1.85. The van der Waals surface area contributed by atoms with E-state index in [0.717, 1.165) is 17.7 Å². The van der Waals surface area contributed by atoms with Gasteiger partial charge in [-0.1, -0.05) is 13.3 Å². The van der Waals surface area contributed by atoms with Crippen LogP contribution in [0.5, 0.6) is 0 Å². The van der Waals surface area contributed by atoms with Crippen LogP contribution >= 0.6 is 11.3 Å². The zero-order valence-corrected chi connectivity index (χ0v) is 11.2. The van der Waals surface area contributed by atoms with Crippen LogP contribution < -0.4 is 10.0 Å². The third-order valence-corrected chi connectivity index (χ3v) is 5.11. The smallest absolute Gasteiger partial charge is 0.250 e. The fraction of sp³-hybridized carbons (Fsp3) is 0.600. The minimum absolute atomic E-state index is 0.397. The third kappa shape index (κ3) is 3.86. The molecule has 6 heteroatoms. The van der Waals surface area contributed by atoms with E-state index in [1.807, 2.05) is 20.0 Å². The van der Waals surface area contributed by atoms with Gasteiger partial charge >= 0.3 is 0 Å². The quantitative estimate of drug-likeness (QED) is 0.733. The molecule has 0 aliphatic carbocycles. The molecule has 0 saturated heterocycles. The van der Waals surface area contributed by atoms with Crippen molar-refractivity contribution < 1.29 is 8.42 Å². The highest BCUT2D eigenvalue weighted by Gasteiger charge is 2.15. The summed E-state index contributed by atoms with van der Waals surface area (Å²) in [6, 6.07) is 3.50. The van der Waals surface area contributed by atoms with E-state index in [4.69, 9.17) is 0 Å². The molecule has 0 radical (unpaired) electrons. The first-order valence-electron chi connectivity index (χ1n) is 5.33. The molecule has 2 N–H and O–H groups in total. The van der Waals surface area contributed by atoms with Crippen molar-refractivity contribution in [2.75, 3.05) is 13.6 Å². The van der Waals surface area contributed by atoms with Crippen molar-refractivity contribution in [2.24, 2.45) is 0 Å². The first-order chi connectivity index (χ1) is 7.60. The number of rotatable bonds is 7. The van der Waals surface area contributed by atoms with Crippen molar-refractivity contribution in [3.05, 3.63) is 17.0 Å². The van der Waals surface area contributed by atoms with Crippen molar-refractivity contribution in [1.29, 1.82) is 0 Å². The molecule has 0 aliphatic rings. The standard InChI is InChI=1S/C10H18N2O2S2/c1-3-4-7-12-16(13,14)10-6-5-9(15-10)8-11-2/h5-6,11-12H,3-4,7-8H2,1-2H3. The van der Waals surface area contributed by atoms with Gasteiger partial charge in [-0.2, -0.15) is 0 Å². The van der Waals surface area contributed by atoms with Crippen LogP contribution in [0.25, 0.3) is 0 Å². The predicted octanol–water partition coefficient (Wildman–Crippen LogP) is 1.55. The second-order valence-corrected chi connectivity index (χ2v) is 6.66. The summed E-state index contributed by atoms with van der Waals surface area (Å²) in [4.78, 5) is 1.03. The average molecular weight is 262 g/mol. The highest BCUT2D eigenvalue weighted by atomic mass is 32.2. The summed E-state index contributed by atoms with van der Waals surface area (Å²) in [7, 11) is -1.45. The highest BCUT2D eigenvalue weighted by molar-refractivity contribution is 7.91. The lowest BCUT2D eigenvalue weighted by Gasteiger charge is -2.02. The van der Waals surface area contributed by atoms with Crippen LogP contribution in [0.3, 0.4) is 0 Å². The lowest BCUT2D eigenvalue weighted by molar-refractivity contribution is 0.580. The van der Waals surface area contributed by atoms with E-state index in [2.05, 4.69) is 10.0 Å². The van der Waals surface area contributed by atoms with Gasteiger partial charge in [-0.05, 0) is 25.6 Å². The van der Waals surface area contributed by atoms with E-state index in [-0.39, 0.29) is 0 Å². The van der Waals surface area contributed by atoms with Crippen molar-refractivity contribution in [3.63, 3.8) is 0 Å². The van der Waals surface area contributed by atoms with Gasteiger partial charge in [0.25, 0.3) is 0 Å². The lowest BCUT2D eigenvalue weighted by Crippen LogP contribution is -2.23. The number of hydrogen-bond acceptors (Lipinski definition) is 4. The molecular weight excluding hydrogens is 244 g/mol. The molecule has 0 saturated carbocycles. The monoisotopic (exact) mass is 262 g/mol. The maximum Gasteiger partial charge on any atom is 0.250 e. The molecule has 1 rings (SSSR count). The second kappa shape index (κ2) is 6.34. The molecule has 0 bridgehead atoms. The molecule has 0 amide bonds. The van der Waals surface area contributed by atoms with Gasteiger partial charge in [0, 0.05) is 18.0 Å². The van der Waals surface area contributed by atoms with Crippen molar-refractivity contribution in [2.45, 2.75) is 30.5 Å². The molecule has 1 heterocycles. The van der Waals surface area contributed by atoms with Gasteiger partial charge in [-0.3, -0.25) is 0 Å². The number of sulfonamides is 1. The molecule has 16 heavy (non-hydrogen) atoms. The Labute approximate surface area is 101 Å². The first-order valence-corrected chi connectivity index (χ1v) is 7.63. The van der Waals surface area contributed by atoms with Gasteiger partial charge in [0.15, 0.2) is 0 Å². The molecule has 0 aliphatic heterocycles. The summed E-state index contributed by atoms with van der Waals surface area (Å²) in [6.45, 7) is 3.25. The van der Waals surface area contributed by atoms with Crippen molar-refractivity contribution in [3.8, 4) is 0 Å². The molecule has 0 unspecified atom stereocenters. The van der Waals surface area contributed by atoms with Crippen LogP contribution in [0.2, 0.25) is 0 Å². The minimum Gasteiger partial charge on any atom is -0.315 e. The summed E-state index contributed by atoms with van der Waals surface area (Å²) in [5.41, 5.74) is 0. The van der Waals surface area contributed by atoms with E-state index < -0.39 is 10.0 Å². The largest absolute Gasteiger partial charge is 0.315 e. The minimum atomic E-state index is -3.29. The van der Waals surface area contributed by atoms with E-state index >= 15 is 0 Å².